The van der Waals surface area contributed by atoms with Gasteiger partial charge in [-0.1, -0.05) is 0 Å². The zero-order valence-electron chi connectivity index (χ0n) is 8.72. The molecule has 17 heavy (non-hydrogen) atoms. The lowest BCUT2D eigenvalue weighted by Gasteiger charge is -2.03. The summed E-state index contributed by atoms with van der Waals surface area (Å²) in [5.41, 5.74) is 0.140. The number of methoxy groups -OCH3 is 1. The molecule has 0 radical (unpaired) electrons. The largest absolute Gasteiger partial charge is 0.481 e. The van der Waals surface area contributed by atoms with Crippen molar-refractivity contribution < 1.29 is 23.4 Å². The number of aromatic nitrogens is 2. The molecule has 1 aromatic carbocycles. The van der Waals surface area contributed by atoms with Gasteiger partial charge in [0, 0.05) is 0 Å². The number of nitrogens with zero attached hydrogens (tertiary/aromatic N) is 2. The normalized spacial score (nSPS) is 11.1. The number of alkyl halides is 2. The molecule has 0 fully saturated rings. The summed E-state index contributed by atoms with van der Waals surface area (Å²) in [5.74, 6) is -1.23. The molecular formula is C10H8F2N2O3. The highest BCUT2D eigenvalue weighted by atomic mass is 19.3. The van der Waals surface area contributed by atoms with Crippen molar-refractivity contribution in [3.8, 4) is 5.88 Å². The van der Waals surface area contributed by atoms with Crippen LogP contribution in [-0.4, -0.2) is 28.0 Å². The standard InChI is InChI=1S/C10H8F2N2O3/c1-17-8-6-3-2-5(9(15)16)4-7(6)13-14(8)10(11)12/h2-4,10H,1H3,(H,15,16). The summed E-state index contributed by atoms with van der Waals surface area (Å²) in [5, 5.41) is 12.7. The summed E-state index contributed by atoms with van der Waals surface area (Å²) in [6.07, 6.45) is 0. The van der Waals surface area contributed by atoms with Crippen molar-refractivity contribution in [2.45, 2.75) is 6.55 Å². The molecule has 7 heteroatoms. The van der Waals surface area contributed by atoms with Crippen LogP contribution >= 0.6 is 0 Å². The number of benzene rings is 1. The van der Waals surface area contributed by atoms with Crippen LogP contribution in [0.15, 0.2) is 18.2 Å². The predicted molar refractivity (Wildman–Crippen MR) is 54.5 cm³/mol. The maximum absolute atomic E-state index is 12.6. The second-order valence-corrected chi connectivity index (χ2v) is 3.27. The third-order valence-corrected chi connectivity index (χ3v) is 2.28. The Labute approximate surface area is 94.2 Å². The molecule has 5 nitrogen and oxygen atoms in total. The first-order valence-corrected chi connectivity index (χ1v) is 4.62. The molecule has 0 amide bonds. The first-order chi connectivity index (χ1) is 8.04. The predicted octanol–water partition coefficient (Wildman–Crippen LogP) is 2.14. The fourth-order valence-corrected chi connectivity index (χ4v) is 1.55. The highest BCUT2D eigenvalue weighted by molar-refractivity contribution is 5.94. The molecule has 0 atom stereocenters. The van der Waals surface area contributed by atoms with Gasteiger partial charge in [-0.2, -0.15) is 18.6 Å². The number of fused-ring (bicyclic) bond motifs is 1. The van der Waals surface area contributed by atoms with Crippen LogP contribution in [0.25, 0.3) is 10.9 Å². The maximum Gasteiger partial charge on any atom is 0.336 e. The molecule has 90 valence electrons. The number of carboxylic acid groups (broad SMARTS) is 1. The summed E-state index contributed by atoms with van der Waals surface area (Å²) >= 11 is 0. The van der Waals surface area contributed by atoms with Crippen molar-refractivity contribution in [2.75, 3.05) is 7.11 Å². The number of rotatable bonds is 3. The molecule has 1 N–H and O–H groups in total. The Morgan fingerprint density at radius 2 is 2.24 bits per heavy atom. The van der Waals surface area contributed by atoms with E-state index in [1.54, 1.807) is 0 Å². The third-order valence-electron chi connectivity index (χ3n) is 2.28. The number of hydrogen-bond acceptors (Lipinski definition) is 3. The van der Waals surface area contributed by atoms with Crippen LogP contribution in [-0.2, 0) is 0 Å². The lowest BCUT2D eigenvalue weighted by molar-refractivity contribution is 0.0487. The second-order valence-electron chi connectivity index (χ2n) is 3.27. The zero-order chi connectivity index (χ0) is 12.6. The van der Waals surface area contributed by atoms with E-state index in [1.165, 1.54) is 25.3 Å². The molecule has 0 unspecified atom stereocenters. The lowest BCUT2D eigenvalue weighted by atomic mass is 10.1. The Kier molecular flexibility index (Phi) is 2.66. The number of carbonyl (C=O) groups is 1. The van der Waals surface area contributed by atoms with Crippen LogP contribution in [0.4, 0.5) is 8.78 Å². The van der Waals surface area contributed by atoms with Crippen molar-refractivity contribution in [1.29, 1.82) is 0 Å². The molecule has 0 bridgehead atoms. The van der Waals surface area contributed by atoms with Crippen LogP contribution in [0.1, 0.15) is 16.9 Å². The average molecular weight is 242 g/mol. The molecule has 2 rings (SSSR count). The SMILES string of the molecule is COc1c2ccc(C(=O)O)cc2nn1C(F)F. The van der Waals surface area contributed by atoms with Crippen LogP contribution in [0.3, 0.4) is 0 Å². The molecule has 2 aromatic rings. The minimum atomic E-state index is -2.84. The number of halogens is 2. The van der Waals surface area contributed by atoms with Crippen molar-refractivity contribution in [3.63, 3.8) is 0 Å². The van der Waals surface area contributed by atoms with Gasteiger partial charge < -0.3 is 9.84 Å². The molecule has 0 aliphatic rings. The lowest BCUT2D eigenvalue weighted by Crippen LogP contribution is -2.02. The van der Waals surface area contributed by atoms with Gasteiger partial charge in [0.15, 0.2) is 0 Å². The topological polar surface area (TPSA) is 64.3 Å². The monoisotopic (exact) mass is 242 g/mol. The van der Waals surface area contributed by atoms with E-state index in [4.69, 9.17) is 9.84 Å². The Balaban J connectivity index is 2.68. The Hall–Kier alpha value is -2.18. The summed E-state index contributed by atoms with van der Waals surface area (Å²) in [7, 11) is 1.25. The van der Waals surface area contributed by atoms with Crippen LogP contribution in [0.2, 0.25) is 0 Å². The van der Waals surface area contributed by atoms with Gasteiger partial charge in [0.2, 0.25) is 5.88 Å². The van der Waals surface area contributed by atoms with Crippen molar-refractivity contribution in [3.05, 3.63) is 23.8 Å². The van der Waals surface area contributed by atoms with E-state index < -0.39 is 12.5 Å². The molecule has 1 heterocycles. The first-order valence-electron chi connectivity index (χ1n) is 4.62. The van der Waals surface area contributed by atoms with Crippen LogP contribution < -0.4 is 4.74 Å². The zero-order valence-corrected chi connectivity index (χ0v) is 8.72. The van der Waals surface area contributed by atoms with E-state index in [9.17, 15) is 13.6 Å². The van der Waals surface area contributed by atoms with Gasteiger partial charge in [0.1, 0.15) is 0 Å². The molecule has 0 spiro atoms. The molecular weight excluding hydrogens is 234 g/mol. The van der Waals surface area contributed by atoms with E-state index in [1.807, 2.05) is 0 Å². The van der Waals surface area contributed by atoms with E-state index in [0.717, 1.165) is 0 Å². The van der Waals surface area contributed by atoms with Gasteiger partial charge in [-0.15, -0.1) is 0 Å². The number of ether oxygens (including phenoxy) is 1. The number of aromatic carboxylic acids is 1. The average Bonchev–Trinajstić information content (AvgIpc) is 2.66. The van der Waals surface area contributed by atoms with Gasteiger partial charge >= 0.3 is 12.5 Å². The minimum absolute atomic E-state index is 0.0148. The maximum atomic E-state index is 12.6. The van der Waals surface area contributed by atoms with Crippen LogP contribution in [0.5, 0.6) is 5.88 Å². The fraction of sp³-hybridized carbons (Fsp3) is 0.200. The summed E-state index contributed by atoms with van der Waals surface area (Å²) in [6, 6.07) is 3.92. The highest BCUT2D eigenvalue weighted by Gasteiger charge is 2.19. The molecule has 0 aliphatic heterocycles. The molecule has 0 saturated carbocycles. The smallest absolute Gasteiger partial charge is 0.336 e. The van der Waals surface area contributed by atoms with E-state index in [-0.39, 0.29) is 17.0 Å². The van der Waals surface area contributed by atoms with E-state index in [0.29, 0.717) is 10.1 Å². The second kappa shape index (κ2) is 4.00. The van der Waals surface area contributed by atoms with Crippen molar-refractivity contribution in [2.24, 2.45) is 0 Å². The Morgan fingerprint density at radius 3 is 2.76 bits per heavy atom. The molecule has 0 aliphatic carbocycles. The van der Waals surface area contributed by atoms with Gasteiger partial charge in [0.05, 0.1) is 23.6 Å². The number of carboxylic acids is 1. The minimum Gasteiger partial charge on any atom is -0.481 e. The van der Waals surface area contributed by atoms with Gasteiger partial charge in [0.25, 0.3) is 0 Å². The fourth-order valence-electron chi connectivity index (χ4n) is 1.55. The van der Waals surface area contributed by atoms with Gasteiger partial charge in [-0.05, 0) is 18.2 Å². The quantitative estimate of drug-likeness (QED) is 0.895. The van der Waals surface area contributed by atoms with E-state index in [2.05, 4.69) is 5.10 Å². The van der Waals surface area contributed by atoms with Gasteiger partial charge in [-0.25, -0.2) is 4.79 Å². The van der Waals surface area contributed by atoms with Crippen LogP contribution in [0, 0.1) is 0 Å². The summed E-state index contributed by atoms with van der Waals surface area (Å²) < 4.78 is 30.5. The summed E-state index contributed by atoms with van der Waals surface area (Å²) in [6.45, 7) is -2.84. The Morgan fingerprint density at radius 1 is 1.53 bits per heavy atom. The van der Waals surface area contributed by atoms with Crippen molar-refractivity contribution >= 4 is 16.9 Å². The summed E-state index contributed by atoms with van der Waals surface area (Å²) in [4.78, 5) is 10.7. The van der Waals surface area contributed by atoms with Gasteiger partial charge in [-0.3, -0.25) is 0 Å². The van der Waals surface area contributed by atoms with E-state index >= 15 is 0 Å². The number of hydrogen-bond donors (Lipinski definition) is 1. The first kappa shape index (κ1) is 11.3. The Bertz CT molecular complexity index is 580. The van der Waals surface area contributed by atoms with Crippen molar-refractivity contribution in [1.82, 2.24) is 9.78 Å². The molecule has 1 aromatic heterocycles. The highest BCUT2D eigenvalue weighted by Crippen LogP contribution is 2.29. The third kappa shape index (κ3) is 1.79. The molecule has 0 saturated heterocycles.